The topological polar surface area (TPSA) is 63.6 Å². The number of fused-ring (bicyclic) bond motifs is 1. The molecular formula is C26H24O4. The molecule has 0 bridgehead atoms. The van der Waals surface area contributed by atoms with Crippen molar-refractivity contribution in [1.29, 1.82) is 0 Å². The van der Waals surface area contributed by atoms with Gasteiger partial charge in [0.15, 0.2) is 0 Å². The summed E-state index contributed by atoms with van der Waals surface area (Å²) in [5.74, 6) is -1.01. The van der Waals surface area contributed by atoms with E-state index in [0.29, 0.717) is 11.3 Å². The number of aryl methyl sites for hydroxylation is 1. The minimum atomic E-state index is -0.987. The zero-order valence-electron chi connectivity index (χ0n) is 17.1. The van der Waals surface area contributed by atoms with Gasteiger partial charge in [0, 0.05) is 5.39 Å². The van der Waals surface area contributed by atoms with Crippen molar-refractivity contribution in [3.8, 4) is 16.9 Å². The van der Waals surface area contributed by atoms with E-state index >= 15 is 0 Å². The number of aromatic carboxylic acids is 1. The second-order valence-corrected chi connectivity index (χ2v) is 7.87. The smallest absolute Gasteiger partial charge is 0.336 e. The highest BCUT2D eigenvalue weighted by Crippen LogP contribution is 2.38. The molecule has 1 aliphatic carbocycles. The molecule has 0 radical (unpaired) electrons. The Kier molecular flexibility index (Phi) is 5.40. The third-order valence-electron chi connectivity index (χ3n) is 5.77. The Morgan fingerprint density at radius 3 is 2.50 bits per heavy atom. The second kappa shape index (κ2) is 8.15. The first-order valence-electron chi connectivity index (χ1n) is 10.2. The second-order valence-electron chi connectivity index (χ2n) is 7.87. The lowest BCUT2D eigenvalue weighted by Gasteiger charge is -2.21. The SMILES string of the molecule is CC1=CCCCC1C(=O)Oc1cccc2cccc(-c3cc(C)ccc3C(=O)O)c12. The Hall–Kier alpha value is -3.40. The predicted molar refractivity (Wildman–Crippen MR) is 118 cm³/mol. The molecule has 0 aromatic heterocycles. The summed E-state index contributed by atoms with van der Waals surface area (Å²) in [4.78, 5) is 24.8. The summed E-state index contributed by atoms with van der Waals surface area (Å²) in [5, 5.41) is 11.4. The molecule has 0 heterocycles. The molecule has 3 aromatic carbocycles. The Balaban J connectivity index is 1.85. The Bertz CT molecular complexity index is 1170. The van der Waals surface area contributed by atoms with Crippen LogP contribution >= 0.6 is 0 Å². The number of hydrogen-bond acceptors (Lipinski definition) is 3. The average molecular weight is 400 g/mol. The van der Waals surface area contributed by atoms with Gasteiger partial charge in [-0.2, -0.15) is 0 Å². The molecule has 4 nitrogen and oxygen atoms in total. The molecular weight excluding hydrogens is 376 g/mol. The Labute approximate surface area is 175 Å². The standard InChI is InChI=1S/C26H24O4/c1-16-13-14-21(25(27)28)22(15-16)20-11-5-8-18-9-6-12-23(24(18)20)30-26(29)19-10-4-3-7-17(19)2/h5-9,11-15,19H,3-4,10H2,1-2H3,(H,27,28). The molecule has 0 aliphatic heterocycles. The molecule has 3 aromatic rings. The van der Waals surface area contributed by atoms with Gasteiger partial charge in [-0.25, -0.2) is 4.79 Å². The zero-order chi connectivity index (χ0) is 21.3. The van der Waals surface area contributed by atoms with E-state index in [0.717, 1.165) is 46.7 Å². The lowest BCUT2D eigenvalue weighted by Crippen LogP contribution is -2.23. The van der Waals surface area contributed by atoms with Gasteiger partial charge >= 0.3 is 11.9 Å². The van der Waals surface area contributed by atoms with Gasteiger partial charge in [-0.1, -0.05) is 59.7 Å². The number of esters is 1. The Morgan fingerprint density at radius 1 is 1.00 bits per heavy atom. The summed E-state index contributed by atoms with van der Waals surface area (Å²) in [6.07, 6.45) is 4.87. The summed E-state index contributed by atoms with van der Waals surface area (Å²) in [6, 6.07) is 16.6. The van der Waals surface area contributed by atoms with Crippen LogP contribution in [0.5, 0.6) is 5.75 Å². The summed E-state index contributed by atoms with van der Waals surface area (Å²) >= 11 is 0. The van der Waals surface area contributed by atoms with Crippen LogP contribution < -0.4 is 4.74 Å². The highest BCUT2D eigenvalue weighted by atomic mass is 16.5. The molecule has 0 spiro atoms. The zero-order valence-corrected chi connectivity index (χ0v) is 17.1. The number of carboxylic acids is 1. The van der Waals surface area contributed by atoms with Gasteiger partial charge < -0.3 is 9.84 Å². The predicted octanol–water partition coefficient (Wildman–Crippen LogP) is 6.17. The molecule has 0 saturated carbocycles. The number of rotatable bonds is 4. The highest BCUT2D eigenvalue weighted by molar-refractivity contribution is 6.06. The van der Waals surface area contributed by atoms with Crippen molar-refractivity contribution >= 4 is 22.7 Å². The summed E-state index contributed by atoms with van der Waals surface area (Å²) in [6.45, 7) is 3.91. The normalized spacial score (nSPS) is 16.2. The average Bonchev–Trinajstić information content (AvgIpc) is 2.73. The first-order chi connectivity index (χ1) is 14.5. The fraction of sp³-hybridized carbons (Fsp3) is 0.231. The number of carbonyl (C=O) groups excluding carboxylic acids is 1. The maximum absolute atomic E-state index is 12.9. The van der Waals surface area contributed by atoms with Gasteiger partial charge in [0.1, 0.15) is 5.75 Å². The van der Waals surface area contributed by atoms with Crippen LogP contribution in [0.15, 0.2) is 66.2 Å². The summed E-state index contributed by atoms with van der Waals surface area (Å²) in [5.41, 5.74) is 3.60. The molecule has 0 fully saturated rings. The van der Waals surface area contributed by atoms with Gasteiger partial charge in [-0.3, -0.25) is 4.79 Å². The number of hydrogen-bond donors (Lipinski definition) is 1. The van der Waals surface area contributed by atoms with Crippen molar-refractivity contribution in [2.75, 3.05) is 0 Å². The van der Waals surface area contributed by atoms with Gasteiger partial charge in [0.25, 0.3) is 0 Å². The van der Waals surface area contributed by atoms with Crippen LogP contribution in [0, 0.1) is 12.8 Å². The summed E-state index contributed by atoms with van der Waals surface area (Å²) in [7, 11) is 0. The van der Waals surface area contributed by atoms with Crippen molar-refractivity contribution in [2.45, 2.75) is 33.1 Å². The van der Waals surface area contributed by atoms with Crippen molar-refractivity contribution in [3.05, 3.63) is 77.4 Å². The van der Waals surface area contributed by atoms with Crippen molar-refractivity contribution in [2.24, 2.45) is 5.92 Å². The van der Waals surface area contributed by atoms with Gasteiger partial charge in [-0.15, -0.1) is 0 Å². The number of carboxylic acid groups (broad SMARTS) is 1. The van der Waals surface area contributed by atoms with E-state index in [1.165, 1.54) is 0 Å². The first-order valence-corrected chi connectivity index (χ1v) is 10.2. The maximum atomic E-state index is 12.9. The first kappa shape index (κ1) is 19.9. The molecule has 152 valence electrons. The molecule has 30 heavy (non-hydrogen) atoms. The minimum Gasteiger partial charge on any atom is -0.478 e. The molecule has 4 rings (SSSR count). The van der Waals surface area contributed by atoms with Crippen LogP contribution in [0.2, 0.25) is 0 Å². The number of allylic oxidation sites excluding steroid dienone is 1. The van der Waals surface area contributed by atoms with Crippen LogP contribution in [-0.2, 0) is 4.79 Å². The minimum absolute atomic E-state index is 0.222. The molecule has 4 heteroatoms. The monoisotopic (exact) mass is 400 g/mol. The highest BCUT2D eigenvalue weighted by Gasteiger charge is 2.25. The number of benzene rings is 3. The van der Waals surface area contributed by atoms with E-state index in [4.69, 9.17) is 4.74 Å². The molecule has 0 saturated heterocycles. The van der Waals surface area contributed by atoms with Gasteiger partial charge in [0.2, 0.25) is 0 Å². The maximum Gasteiger partial charge on any atom is 0.336 e. The van der Waals surface area contributed by atoms with E-state index in [1.54, 1.807) is 18.2 Å². The fourth-order valence-electron chi connectivity index (χ4n) is 4.19. The molecule has 1 atom stereocenters. The van der Waals surface area contributed by atoms with Crippen LogP contribution in [0.3, 0.4) is 0 Å². The fourth-order valence-corrected chi connectivity index (χ4v) is 4.19. The quantitative estimate of drug-likeness (QED) is 0.323. The van der Waals surface area contributed by atoms with E-state index in [2.05, 4.69) is 6.08 Å². The molecule has 1 aliphatic rings. The molecule has 1 unspecified atom stereocenters. The largest absolute Gasteiger partial charge is 0.478 e. The lowest BCUT2D eigenvalue weighted by atomic mass is 9.89. The van der Waals surface area contributed by atoms with Gasteiger partial charge in [0.05, 0.1) is 11.5 Å². The van der Waals surface area contributed by atoms with E-state index in [-0.39, 0.29) is 17.5 Å². The molecule has 0 amide bonds. The van der Waals surface area contributed by atoms with E-state index < -0.39 is 5.97 Å². The van der Waals surface area contributed by atoms with E-state index in [1.807, 2.05) is 50.2 Å². The van der Waals surface area contributed by atoms with E-state index in [9.17, 15) is 14.7 Å². The van der Waals surface area contributed by atoms with Crippen LogP contribution in [0.4, 0.5) is 0 Å². The third kappa shape index (κ3) is 3.73. The van der Waals surface area contributed by atoms with Crippen molar-refractivity contribution in [1.82, 2.24) is 0 Å². The third-order valence-corrected chi connectivity index (χ3v) is 5.77. The van der Waals surface area contributed by atoms with Crippen LogP contribution in [0.1, 0.15) is 42.1 Å². The van der Waals surface area contributed by atoms with Crippen LogP contribution in [-0.4, -0.2) is 17.0 Å². The van der Waals surface area contributed by atoms with Crippen LogP contribution in [0.25, 0.3) is 21.9 Å². The Morgan fingerprint density at radius 2 is 1.77 bits per heavy atom. The number of ether oxygens (including phenoxy) is 1. The number of carbonyl (C=O) groups is 2. The van der Waals surface area contributed by atoms with Gasteiger partial charge in [-0.05, 0) is 61.8 Å². The summed E-state index contributed by atoms with van der Waals surface area (Å²) < 4.78 is 5.90. The molecule has 1 N–H and O–H groups in total. The lowest BCUT2D eigenvalue weighted by molar-refractivity contribution is -0.137. The van der Waals surface area contributed by atoms with Crippen molar-refractivity contribution in [3.63, 3.8) is 0 Å². The van der Waals surface area contributed by atoms with Crippen molar-refractivity contribution < 1.29 is 19.4 Å².